The first kappa shape index (κ1) is 21.3. The van der Waals surface area contributed by atoms with E-state index in [4.69, 9.17) is 4.74 Å². The molecule has 0 fully saturated rings. The molecule has 2 aromatic rings. The predicted octanol–water partition coefficient (Wildman–Crippen LogP) is 2.46. The maximum Gasteiger partial charge on any atom is 0.258 e. The molecule has 1 atom stereocenters. The van der Waals surface area contributed by atoms with E-state index < -0.39 is 6.04 Å². The van der Waals surface area contributed by atoms with Crippen LogP contribution in [0.4, 0.5) is 5.69 Å². The van der Waals surface area contributed by atoms with Crippen LogP contribution in [0.15, 0.2) is 60.7 Å². The Kier molecular flexibility index (Phi) is 8.34. The van der Waals surface area contributed by atoms with Gasteiger partial charge in [-0.3, -0.25) is 9.59 Å². The van der Waals surface area contributed by atoms with Crippen molar-refractivity contribution in [1.29, 1.82) is 0 Å². The molecule has 0 spiro atoms. The molecule has 1 unspecified atom stereocenters. The van der Waals surface area contributed by atoms with Gasteiger partial charge in [-0.2, -0.15) is 0 Å². The highest BCUT2D eigenvalue weighted by molar-refractivity contribution is 5.88. The summed E-state index contributed by atoms with van der Waals surface area (Å²) in [5, 5.41) is 5.67. The Balaban J connectivity index is 1.78. The SMILES string of the molecule is CC(C)C(NC(=O)COc1ccccc1)C(=O)NCCN(C)c1ccccc1. The number of hydrogen-bond acceptors (Lipinski definition) is 4. The van der Waals surface area contributed by atoms with Crippen LogP contribution in [0.3, 0.4) is 0 Å². The molecule has 0 aromatic heterocycles. The highest BCUT2D eigenvalue weighted by atomic mass is 16.5. The van der Waals surface area contributed by atoms with Crippen LogP contribution in [0.1, 0.15) is 13.8 Å². The summed E-state index contributed by atoms with van der Waals surface area (Å²) in [6, 6.07) is 18.5. The van der Waals surface area contributed by atoms with Crippen molar-refractivity contribution in [3.8, 4) is 5.75 Å². The molecule has 2 N–H and O–H groups in total. The Morgan fingerprint density at radius 2 is 1.61 bits per heavy atom. The highest BCUT2D eigenvalue weighted by Gasteiger charge is 2.24. The van der Waals surface area contributed by atoms with Crippen molar-refractivity contribution in [3.63, 3.8) is 0 Å². The predicted molar refractivity (Wildman–Crippen MR) is 111 cm³/mol. The molecule has 6 nitrogen and oxygen atoms in total. The lowest BCUT2D eigenvalue weighted by Crippen LogP contribution is -2.51. The average Bonchev–Trinajstić information content (AvgIpc) is 2.71. The molecule has 0 radical (unpaired) electrons. The summed E-state index contributed by atoms with van der Waals surface area (Å²) in [5.74, 6) is 0.0725. The minimum Gasteiger partial charge on any atom is -0.484 e. The van der Waals surface area contributed by atoms with Crippen LogP contribution in [0, 0.1) is 5.92 Å². The lowest BCUT2D eigenvalue weighted by molar-refractivity contribution is -0.131. The number of carbonyl (C=O) groups is 2. The van der Waals surface area contributed by atoms with Crippen molar-refractivity contribution in [1.82, 2.24) is 10.6 Å². The second kappa shape index (κ2) is 11.0. The summed E-state index contributed by atoms with van der Waals surface area (Å²) in [6.45, 7) is 4.84. The molecule has 2 amide bonds. The zero-order valence-electron chi connectivity index (χ0n) is 16.7. The number of nitrogens with one attached hydrogen (secondary N) is 2. The molecule has 0 saturated heterocycles. The minimum absolute atomic E-state index is 0.0347. The maximum atomic E-state index is 12.5. The number of ether oxygens (including phenoxy) is 1. The van der Waals surface area contributed by atoms with E-state index in [1.807, 2.05) is 69.4 Å². The van der Waals surface area contributed by atoms with E-state index in [1.165, 1.54) is 0 Å². The van der Waals surface area contributed by atoms with Gasteiger partial charge in [0.2, 0.25) is 5.91 Å². The number of amides is 2. The van der Waals surface area contributed by atoms with E-state index in [0.29, 0.717) is 18.8 Å². The van der Waals surface area contributed by atoms with Gasteiger partial charge < -0.3 is 20.3 Å². The summed E-state index contributed by atoms with van der Waals surface area (Å²) in [5.41, 5.74) is 1.09. The Hall–Kier alpha value is -3.02. The number of carbonyl (C=O) groups excluding carboxylic acids is 2. The van der Waals surface area contributed by atoms with E-state index in [9.17, 15) is 9.59 Å². The summed E-state index contributed by atoms with van der Waals surface area (Å²) in [4.78, 5) is 26.8. The molecule has 2 rings (SSSR count). The largest absolute Gasteiger partial charge is 0.484 e. The van der Waals surface area contributed by atoms with E-state index in [1.54, 1.807) is 12.1 Å². The normalized spacial score (nSPS) is 11.6. The van der Waals surface area contributed by atoms with Crippen molar-refractivity contribution < 1.29 is 14.3 Å². The van der Waals surface area contributed by atoms with Crippen LogP contribution in [0.2, 0.25) is 0 Å². The molecule has 150 valence electrons. The molecule has 6 heteroatoms. The molecule has 0 heterocycles. The number of anilines is 1. The molecular weight excluding hydrogens is 354 g/mol. The maximum absolute atomic E-state index is 12.5. The number of likely N-dealkylation sites (N-methyl/N-ethyl adjacent to an activating group) is 1. The number of para-hydroxylation sites is 2. The lowest BCUT2D eigenvalue weighted by atomic mass is 10.0. The molecule has 0 aliphatic heterocycles. The second-order valence-corrected chi connectivity index (χ2v) is 6.94. The molecular formula is C22H29N3O3. The molecule has 0 aliphatic carbocycles. The molecule has 28 heavy (non-hydrogen) atoms. The smallest absolute Gasteiger partial charge is 0.258 e. The van der Waals surface area contributed by atoms with Gasteiger partial charge in [0.25, 0.3) is 5.91 Å². The molecule has 0 aliphatic rings. The Morgan fingerprint density at radius 1 is 1.00 bits per heavy atom. The second-order valence-electron chi connectivity index (χ2n) is 6.94. The van der Waals surface area contributed by atoms with Crippen molar-refractivity contribution in [3.05, 3.63) is 60.7 Å². The number of benzene rings is 2. The van der Waals surface area contributed by atoms with Crippen molar-refractivity contribution in [2.24, 2.45) is 5.92 Å². The third-order valence-electron chi connectivity index (χ3n) is 4.32. The van der Waals surface area contributed by atoms with Gasteiger partial charge in [0, 0.05) is 25.8 Å². The van der Waals surface area contributed by atoms with Crippen LogP contribution < -0.4 is 20.3 Å². The van der Waals surface area contributed by atoms with Gasteiger partial charge in [-0.15, -0.1) is 0 Å². The van der Waals surface area contributed by atoms with Crippen molar-refractivity contribution in [2.45, 2.75) is 19.9 Å². The summed E-state index contributed by atoms with van der Waals surface area (Å²) in [6.07, 6.45) is 0. The zero-order chi connectivity index (χ0) is 20.4. The lowest BCUT2D eigenvalue weighted by Gasteiger charge is -2.23. The summed E-state index contributed by atoms with van der Waals surface area (Å²) in [7, 11) is 1.98. The van der Waals surface area contributed by atoms with E-state index in [-0.39, 0.29) is 24.3 Å². The van der Waals surface area contributed by atoms with Gasteiger partial charge in [-0.25, -0.2) is 0 Å². The molecule has 0 bridgehead atoms. The topological polar surface area (TPSA) is 70.7 Å². The van der Waals surface area contributed by atoms with Gasteiger partial charge in [0.1, 0.15) is 11.8 Å². The van der Waals surface area contributed by atoms with Crippen LogP contribution >= 0.6 is 0 Å². The fourth-order valence-corrected chi connectivity index (χ4v) is 2.68. The van der Waals surface area contributed by atoms with Gasteiger partial charge in [0.15, 0.2) is 6.61 Å². The Bertz CT molecular complexity index is 735. The van der Waals surface area contributed by atoms with Crippen LogP contribution in [0.25, 0.3) is 0 Å². The number of rotatable bonds is 10. The fraction of sp³-hybridized carbons (Fsp3) is 0.364. The van der Waals surface area contributed by atoms with E-state index in [2.05, 4.69) is 15.5 Å². The third-order valence-corrected chi connectivity index (χ3v) is 4.32. The quantitative estimate of drug-likeness (QED) is 0.661. The van der Waals surface area contributed by atoms with Crippen molar-refractivity contribution in [2.75, 3.05) is 31.6 Å². The van der Waals surface area contributed by atoms with Crippen LogP contribution in [-0.4, -0.2) is 44.6 Å². The molecule has 0 saturated carbocycles. The Labute approximate surface area is 166 Å². The van der Waals surface area contributed by atoms with Gasteiger partial charge in [0.05, 0.1) is 0 Å². The first-order valence-electron chi connectivity index (χ1n) is 9.48. The van der Waals surface area contributed by atoms with Gasteiger partial charge >= 0.3 is 0 Å². The number of nitrogens with zero attached hydrogens (tertiary/aromatic N) is 1. The minimum atomic E-state index is -0.603. The summed E-state index contributed by atoms with van der Waals surface area (Å²) < 4.78 is 5.44. The third kappa shape index (κ3) is 6.95. The van der Waals surface area contributed by atoms with Gasteiger partial charge in [-0.1, -0.05) is 50.2 Å². The molecule has 2 aromatic carbocycles. The van der Waals surface area contributed by atoms with Gasteiger partial charge in [-0.05, 0) is 30.2 Å². The van der Waals surface area contributed by atoms with E-state index in [0.717, 1.165) is 5.69 Å². The van der Waals surface area contributed by atoms with Crippen molar-refractivity contribution >= 4 is 17.5 Å². The average molecular weight is 383 g/mol. The monoisotopic (exact) mass is 383 g/mol. The Morgan fingerprint density at radius 3 is 2.21 bits per heavy atom. The fourth-order valence-electron chi connectivity index (χ4n) is 2.68. The van der Waals surface area contributed by atoms with E-state index >= 15 is 0 Å². The number of hydrogen-bond donors (Lipinski definition) is 2. The first-order chi connectivity index (χ1) is 13.5. The summed E-state index contributed by atoms with van der Waals surface area (Å²) >= 11 is 0. The standard InChI is InChI=1S/C22H29N3O3/c1-17(2)21(24-20(26)16-28-19-12-8-5-9-13-19)22(27)23-14-15-25(3)18-10-6-4-7-11-18/h4-13,17,21H,14-16H2,1-3H3,(H,23,27)(H,24,26). The van der Waals surface area contributed by atoms with Crippen LogP contribution in [-0.2, 0) is 9.59 Å². The zero-order valence-corrected chi connectivity index (χ0v) is 16.7. The first-order valence-corrected chi connectivity index (χ1v) is 9.48. The highest BCUT2D eigenvalue weighted by Crippen LogP contribution is 2.10. The van der Waals surface area contributed by atoms with Crippen LogP contribution in [0.5, 0.6) is 5.75 Å².